The van der Waals surface area contributed by atoms with E-state index >= 15 is 0 Å². The highest BCUT2D eigenvalue weighted by molar-refractivity contribution is 7.88. The average molecular weight is 454 g/mol. The van der Waals surface area contributed by atoms with E-state index in [9.17, 15) is 13.2 Å². The Balaban J connectivity index is 1.66. The van der Waals surface area contributed by atoms with Crippen molar-refractivity contribution in [3.8, 4) is 11.6 Å². The van der Waals surface area contributed by atoms with Gasteiger partial charge in [0.1, 0.15) is 22.3 Å². The lowest BCUT2D eigenvalue weighted by Gasteiger charge is -2.24. The minimum atomic E-state index is -3.89. The summed E-state index contributed by atoms with van der Waals surface area (Å²) < 4.78 is 36.5. The summed E-state index contributed by atoms with van der Waals surface area (Å²) in [6.07, 6.45) is 1.16. The fraction of sp³-hybridized carbons (Fsp3) is 0.450. The standard InChI is InChI=1S/C20H24ClN3O5S/c1-20(2,3)29-19(25)24(4)30(26,27)12-13-5-9-15(10-6-13)28-17-11-16(21)22-18(23-17)14-7-8-14/h5-6,9-11,14H,7-8,12H2,1-4H3. The van der Waals surface area contributed by atoms with E-state index in [-0.39, 0.29) is 5.75 Å². The predicted molar refractivity (Wildman–Crippen MR) is 112 cm³/mol. The number of carbonyl (C=O) groups excluding carboxylic acids is 1. The van der Waals surface area contributed by atoms with Gasteiger partial charge in [0.25, 0.3) is 0 Å². The van der Waals surface area contributed by atoms with Crippen LogP contribution in [0.25, 0.3) is 0 Å². The first-order valence-electron chi connectivity index (χ1n) is 9.44. The molecule has 0 spiro atoms. The van der Waals surface area contributed by atoms with Gasteiger partial charge in [-0.25, -0.2) is 22.5 Å². The Hall–Kier alpha value is -2.39. The van der Waals surface area contributed by atoms with Crippen LogP contribution in [0, 0.1) is 0 Å². The number of hydrogen-bond donors (Lipinski definition) is 0. The zero-order valence-corrected chi connectivity index (χ0v) is 18.8. The number of aromatic nitrogens is 2. The van der Waals surface area contributed by atoms with Gasteiger partial charge in [-0.1, -0.05) is 23.7 Å². The van der Waals surface area contributed by atoms with Crippen LogP contribution in [0.1, 0.15) is 50.9 Å². The molecule has 0 atom stereocenters. The molecule has 0 saturated heterocycles. The summed E-state index contributed by atoms with van der Waals surface area (Å²) in [6, 6.07) is 8.01. The van der Waals surface area contributed by atoms with Crippen LogP contribution in [-0.4, -0.2) is 41.4 Å². The van der Waals surface area contributed by atoms with Crippen molar-refractivity contribution in [1.82, 2.24) is 14.3 Å². The first kappa shape index (κ1) is 22.3. The highest BCUT2D eigenvalue weighted by Crippen LogP contribution is 2.39. The molecule has 2 aromatic rings. The van der Waals surface area contributed by atoms with Gasteiger partial charge in [-0.05, 0) is 51.3 Å². The quantitative estimate of drug-likeness (QED) is 0.594. The normalized spacial score (nSPS) is 14.3. The van der Waals surface area contributed by atoms with Crippen molar-refractivity contribution in [2.24, 2.45) is 0 Å². The third kappa shape index (κ3) is 6.06. The Morgan fingerprint density at radius 1 is 1.20 bits per heavy atom. The second-order valence-corrected chi connectivity index (χ2v) is 10.5. The zero-order chi connectivity index (χ0) is 22.1. The van der Waals surface area contributed by atoms with Gasteiger partial charge < -0.3 is 9.47 Å². The van der Waals surface area contributed by atoms with Crippen LogP contribution >= 0.6 is 11.6 Å². The van der Waals surface area contributed by atoms with Crippen molar-refractivity contribution in [3.63, 3.8) is 0 Å². The van der Waals surface area contributed by atoms with Crippen LogP contribution in [0.3, 0.4) is 0 Å². The number of ether oxygens (including phenoxy) is 2. The second-order valence-electron chi connectivity index (χ2n) is 8.11. The number of halogens is 1. The van der Waals surface area contributed by atoms with Crippen molar-refractivity contribution < 1.29 is 22.7 Å². The second kappa shape index (κ2) is 8.39. The van der Waals surface area contributed by atoms with E-state index in [1.807, 2.05) is 0 Å². The maximum Gasteiger partial charge on any atom is 0.423 e. The van der Waals surface area contributed by atoms with Crippen LogP contribution in [0.2, 0.25) is 5.15 Å². The number of sulfonamides is 1. The summed E-state index contributed by atoms with van der Waals surface area (Å²) in [7, 11) is -2.71. The van der Waals surface area contributed by atoms with E-state index < -0.39 is 21.7 Å². The number of rotatable bonds is 6. The minimum Gasteiger partial charge on any atom is -0.443 e. The van der Waals surface area contributed by atoms with Gasteiger partial charge in [0.2, 0.25) is 15.9 Å². The predicted octanol–water partition coefficient (Wildman–Crippen LogP) is 4.50. The van der Waals surface area contributed by atoms with Gasteiger partial charge in [0, 0.05) is 19.0 Å². The summed E-state index contributed by atoms with van der Waals surface area (Å²) in [5, 5.41) is 0.315. The largest absolute Gasteiger partial charge is 0.443 e. The van der Waals surface area contributed by atoms with Crippen LogP contribution in [0.5, 0.6) is 11.6 Å². The molecule has 1 amide bonds. The molecule has 10 heteroatoms. The Morgan fingerprint density at radius 3 is 2.40 bits per heavy atom. The lowest BCUT2D eigenvalue weighted by atomic mass is 10.2. The van der Waals surface area contributed by atoms with E-state index in [0.717, 1.165) is 12.8 Å². The number of nitrogens with zero attached hydrogens (tertiary/aromatic N) is 3. The number of hydrogen-bond acceptors (Lipinski definition) is 7. The van der Waals surface area contributed by atoms with Crippen LogP contribution in [0.4, 0.5) is 4.79 Å². The Bertz CT molecular complexity index is 1030. The van der Waals surface area contributed by atoms with Gasteiger partial charge >= 0.3 is 6.09 Å². The lowest BCUT2D eigenvalue weighted by Crippen LogP contribution is -2.38. The number of amides is 1. The summed E-state index contributed by atoms with van der Waals surface area (Å²) >= 11 is 6.04. The van der Waals surface area contributed by atoms with E-state index in [1.165, 1.54) is 13.1 Å². The highest BCUT2D eigenvalue weighted by atomic mass is 35.5. The van der Waals surface area contributed by atoms with Crippen molar-refractivity contribution in [2.75, 3.05) is 7.05 Å². The van der Waals surface area contributed by atoms with Crippen LogP contribution < -0.4 is 4.74 Å². The minimum absolute atomic E-state index is 0.315. The summed E-state index contributed by atoms with van der Waals surface area (Å²) in [6.45, 7) is 5.01. The number of benzene rings is 1. The third-order valence-electron chi connectivity index (χ3n) is 4.19. The summed E-state index contributed by atoms with van der Waals surface area (Å²) in [4.78, 5) is 20.6. The Kier molecular flexibility index (Phi) is 6.24. The monoisotopic (exact) mass is 453 g/mol. The van der Waals surface area contributed by atoms with Crippen LogP contribution in [-0.2, 0) is 20.5 Å². The fourth-order valence-electron chi connectivity index (χ4n) is 2.51. The van der Waals surface area contributed by atoms with Crippen molar-refractivity contribution >= 4 is 27.7 Å². The molecule has 8 nitrogen and oxygen atoms in total. The van der Waals surface area contributed by atoms with Crippen molar-refractivity contribution in [1.29, 1.82) is 0 Å². The van der Waals surface area contributed by atoms with Crippen molar-refractivity contribution in [2.45, 2.75) is 50.9 Å². The van der Waals surface area contributed by atoms with E-state index in [4.69, 9.17) is 21.1 Å². The molecule has 1 aliphatic rings. The van der Waals surface area contributed by atoms with E-state index in [0.29, 0.717) is 38.4 Å². The fourth-order valence-corrected chi connectivity index (χ4v) is 3.76. The summed E-state index contributed by atoms with van der Waals surface area (Å²) in [5.74, 6) is 1.47. The Labute approximate surface area is 181 Å². The van der Waals surface area contributed by atoms with Gasteiger partial charge in [0.15, 0.2) is 0 Å². The zero-order valence-electron chi connectivity index (χ0n) is 17.3. The van der Waals surface area contributed by atoms with Gasteiger partial charge in [-0.15, -0.1) is 0 Å². The van der Waals surface area contributed by atoms with Gasteiger partial charge in [0.05, 0.1) is 5.75 Å². The maximum atomic E-state index is 12.5. The smallest absolute Gasteiger partial charge is 0.423 e. The third-order valence-corrected chi connectivity index (χ3v) is 6.07. The maximum absolute atomic E-state index is 12.5. The van der Waals surface area contributed by atoms with Crippen LogP contribution in [0.15, 0.2) is 30.3 Å². The van der Waals surface area contributed by atoms with E-state index in [2.05, 4.69) is 9.97 Å². The molecule has 1 saturated carbocycles. The molecular formula is C20H24ClN3O5S. The molecule has 3 rings (SSSR count). The molecule has 1 heterocycles. The number of carbonyl (C=O) groups is 1. The molecule has 0 N–H and O–H groups in total. The molecular weight excluding hydrogens is 430 g/mol. The lowest BCUT2D eigenvalue weighted by molar-refractivity contribution is 0.0420. The summed E-state index contributed by atoms with van der Waals surface area (Å²) in [5.41, 5.74) is -0.291. The SMILES string of the molecule is CN(C(=O)OC(C)(C)C)S(=O)(=O)Cc1ccc(Oc2cc(Cl)nc(C3CC3)n2)cc1. The molecule has 0 bridgehead atoms. The average Bonchev–Trinajstić information content (AvgIpc) is 3.46. The van der Waals surface area contributed by atoms with Gasteiger partial charge in [-0.2, -0.15) is 4.98 Å². The topological polar surface area (TPSA) is 98.7 Å². The molecule has 162 valence electrons. The molecule has 30 heavy (non-hydrogen) atoms. The highest BCUT2D eigenvalue weighted by Gasteiger charge is 2.29. The first-order chi connectivity index (χ1) is 13.9. The Morgan fingerprint density at radius 2 is 1.83 bits per heavy atom. The molecule has 1 fully saturated rings. The molecule has 1 aliphatic carbocycles. The molecule has 1 aromatic heterocycles. The van der Waals surface area contributed by atoms with E-state index in [1.54, 1.807) is 45.0 Å². The van der Waals surface area contributed by atoms with Crippen molar-refractivity contribution in [3.05, 3.63) is 46.9 Å². The molecule has 0 unspecified atom stereocenters. The molecule has 0 radical (unpaired) electrons. The molecule has 1 aromatic carbocycles. The van der Waals surface area contributed by atoms with Gasteiger partial charge in [-0.3, -0.25) is 0 Å². The first-order valence-corrected chi connectivity index (χ1v) is 11.4. The molecule has 0 aliphatic heterocycles.